The van der Waals surface area contributed by atoms with Gasteiger partial charge in [-0.3, -0.25) is 14.9 Å². The highest BCUT2D eigenvalue weighted by molar-refractivity contribution is 14.1. The van der Waals surface area contributed by atoms with Gasteiger partial charge in [0, 0.05) is 22.7 Å². The molecule has 13 heteroatoms. The molecule has 34 heavy (non-hydrogen) atoms. The minimum absolute atomic E-state index is 0.0680. The number of methoxy groups -OCH3 is 1. The fourth-order valence-electron chi connectivity index (χ4n) is 2.65. The normalized spacial score (nSPS) is 11.3. The van der Waals surface area contributed by atoms with Crippen LogP contribution in [0.4, 0.5) is 5.69 Å². The van der Waals surface area contributed by atoms with Crippen LogP contribution in [0.15, 0.2) is 70.7 Å². The summed E-state index contributed by atoms with van der Waals surface area (Å²) < 4.78 is 36.2. The molecule has 1 N–H and O–H groups in total. The third-order valence-electron chi connectivity index (χ3n) is 4.25. The van der Waals surface area contributed by atoms with E-state index in [0.717, 1.165) is 24.3 Å². The van der Waals surface area contributed by atoms with E-state index in [1.165, 1.54) is 25.5 Å². The molecule has 10 nitrogen and oxygen atoms in total. The Hall–Kier alpha value is -3.23. The van der Waals surface area contributed by atoms with Crippen LogP contribution in [0.2, 0.25) is 5.02 Å². The van der Waals surface area contributed by atoms with E-state index >= 15 is 0 Å². The highest BCUT2D eigenvalue weighted by atomic mass is 127. The summed E-state index contributed by atoms with van der Waals surface area (Å²) >= 11 is 7.74. The minimum atomic E-state index is -4.29. The number of hydrogen-bond donors (Lipinski definition) is 1. The summed E-state index contributed by atoms with van der Waals surface area (Å²) in [6.07, 6.45) is 1.35. The Bertz CT molecular complexity index is 1380. The Balaban J connectivity index is 1.79. The number of amides is 1. The van der Waals surface area contributed by atoms with Crippen LogP contribution < -0.4 is 14.3 Å². The molecular weight excluding hydrogens is 601 g/mol. The van der Waals surface area contributed by atoms with Crippen molar-refractivity contribution in [3.63, 3.8) is 0 Å². The molecule has 3 aromatic carbocycles. The first-order valence-corrected chi connectivity index (χ1v) is 12.1. The summed E-state index contributed by atoms with van der Waals surface area (Å²) in [6.45, 7) is 0. The molecule has 0 aliphatic heterocycles. The van der Waals surface area contributed by atoms with Gasteiger partial charge in [0.1, 0.15) is 4.90 Å². The van der Waals surface area contributed by atoms with Crippen molar-refractivity contribution in [3.05, 3.63) is 90.5 Å². The molecule has 0 aliphatic rings. The van der Waals surface area contributed by atoms with Gasteiger partial charge in [0.25, 0.3) is 11.6 Å². The van der Waals surface area contributed by atoms with Crippen molar-refractivity contribution in [2.45, 2.75) is 4.90 Å². The number of nitrogens with zero attached hydrogens (tertiary/aromatic N) is 2. The second kappa shape index (κ2) is 10.8. The maximum atomic E-state index is 12.7. The maximum absolute atomic E-state index is 12.7. The van der Waals surface area contributed by atoms with Gasteiger partial charge in [0.05, 0.1) is 21.8 Å². The van der Waals surface area contributed by atoms with E-state index in [-0.39, 0.29) is 22.1 Å². The SMILES string of the molecule is COc1cc(/C=N\NC(=O)c2cccc(Cl)c2)cc(I)c1OS(=O)(=O)c1ccc([N+](=O)[O-])cc1. The van der Waals surface area contributed by atoms with Gasteiger partial charge in [-0.1, -0.05) is 17.7 Å². The van der Waals surface area contributed by atoms with Crippen molar-refractivity contribution in [3.8, 4) is 11.5 Å². The molecule has 0 fully saturated rings. The number of carbonyl (C=O) groups is 1. The topological polar surface area (TPSA) is 137 Å². The van der Waals surface area contributed by atoms with E-state index in [1.54, 1.807) is 24.3 Å². The highest BCUT2D eigenvalue weighted by Crippen LogP contribution is 2.35. The van der Waals surface area contributed by atoms with Gasteiger partial charge in [0.2, 0.25) is 0 Å². The van der Waals surface area contributed by atoms with Crippen molar-refractivity contribution in [2.75, 3.05) is 7.11 Å². The average molecular weight is 616 g/mol. The zero-order chi connectivity index (χ0) is 24.9. The lowest BCUT2D eigenvalue weighted by Crippen LogP contribution is -2.17. The first-order valence-electron chi connectivity index (χ1n) is 9.26. The predicted octanol–water partition coefficient (Wildman–Crippen LogP) is 4.39. The Morgan fingerprint density at radius 3 is 2.50 bits per heavy atom. The van der Waals surface area contributed by atoms with Crippen LogP contribution in [-0.4, -0.2) is 32.6 Å². The Morgan fingerprint density at radius 2 is 1.88 bits per heavy atom. The van der Waals surface area contributed by atoms with Crippen LogP contribution in [0.1, 0.15) is 15.9 Å². The Kier molecular flexibility index (Phi) is 8.06. The second-order valence-electron chi connectivity index (χ2n) is 6.53. The van der Waals surface area contributed by atoms with Crippen LogP contribution in [0.3, 0.4) is 0 Å². The number of hydrazone groups is 1. The smallest absolute Gasteiger partial charge is 0.339 e. The highest BCUT2D eigenvalue weighted by Gasteiger charge is 2.22. The second-order valence-corrected chi connectivity index (χ2v) is 9.68. The lowest BCUT2D eigenvalue weighted by molar-refractivity contribution is -0.384. The van der Waals surface area contributed by atoms with Crippen molar-refractivity contribution in [1.29, 1.82) is 0 Å². The van der Waals surface area contributed by atoms with Gasteiger partial charge in [-0.25, -0.2) is 5.43 Å². The van der Waals surface area contributed by atoms with Crippen molar-refractivity contribution < 1.29 is 27.1 Å². The first-order chi connectivity index (χ1) is 16.1. The molecule has 0 spiro atoms. The summed E-state index contributed by atoms with van der Waals surface area (Å²) in [6, 6.07) is 13.7. The number of nitro benzene ring substituents is 1. The number of carbonyl (C=O) groups excluding carboxylic acids is 1. The number of hydrogen-bond acceptors (Lipinski definition) is 8. The number of benzene rings is 3. The average Bonchev–Trinajstić information content (AvgIpc) is 2.80. The molecule has 3 aromatic rings. The van der Waals surface area contributed by atoms with E-state index in [2.05, 4.69) is 10.5 Å². The number of ether oxygens (including phenoxy) is 1. The summed E-state index contributed by atoms with van der Waals surface area (Å²) in [4.78, 5) is 22.0. The molecule has 0 aromatic heterocycles. The fraction of sp³-hybridized carbons (Fsp3) is 0.0476. The molecule has 1 amide bonds. The fourth-order valence-corrected chi connectivity index (χ4v) is 4.68. The summed E-state index contributed by atoms with van der Waals surface area (Å²) in [5.41, 5.74) is 2.94. The summed E-state index contributed by atoms with van der Waals surface area (Å²) in [5.74, 6) is -0.434. The largest absolute Gasteiger partial charge is 0.493 e. The lowest BCUT2D eigenvalue weighted by Gasteiger charge is -2.13. The van der Waals surface area contributed by atoms with E-state index in [1.807, 2.05) is 22.6 Å². The molecule has 0 saturated heterocycles. The van der Waals surface area contributed by atoms with Crippen molar-refractivity contribution in [2.24, 2.45) is 5.10 Å². The summed E-state index contributed by atoms with van der Waals surface area (Å²) in [7, 11) is -2.96. The van der Waals surface area contributed by atoms with Gasteiger partial charge in [-0.05, 0) is 70.6 Å². The molecule has 0 aliphatic carbocycles. The monoisotopic (exact) mass is 615 g/mol. The number of non-ortho nitro benzene ring substituents is 1. The molecular formula is C21H15ClIN3O7S. The first kappa shape index (κ1) is 25.4. The van der Waals surface area contributed by atoms with Crippen LogP contribution in [0.5, 0.6) is 11.5 Å². The van der Waals surface area contributed by atoms with Crippen LogP contribution >= 0.6 is 34.2 Å². The number of nitrogens with one attached hydrogen (secondary N) is 1. The van der Waals surface area contributed by atoms with Gasteiger partial charge < -0.3 is 8.92 Å². The molecule has 0 heterocycles. The van der Waals surface area contributed by atoms with E-state index in [9.17, 15) is 23.3 Å². The van der Waals surface area contributed by atoms with Gasteiger partial charge in [0.15, 0.2) is 11.5 Å². The Morgan fingerprint density at radius 1 is 1.18 bits per heavy atom. The van der Waals surface area contributed by atoms with Crippen molar-refractivity contribution >= 4 is 62.1 Å². The molecule has 0 radical (unpaired) electrons. The maximum Gasteiger partial charge on any atom is 0.339 e. The Labute approximate surface area is 212 Å². The molecule has 176 valence electrons. The molecule has 0 bridgehead atoms. The van der Waals surface area contributed by atoms with Gasteiger partial charge >= 0.3 is 10.1 Å². The third kappa shape index (κ3) is 6.21. The van der Waals surface area contributed by atoms with Gasteiger partial charge in [-0.2, -0.15) is 13.5 Å². The zero-order valence-electron chi connectivity index (χ0n) is 17.3. The van der Waals surface area contributed by atoms with Gasteiger partial charge in [-0.15, -0.1) is 0 Å². The predicted molar refractivity (Wildman–Crippen MR) is 133 cm³/mol. The molecule has 0 atom stereocenters. The van der Waals surface area contributed by atoms with Crippen LogP contribution in [0, 0.1) is 13.7 Å². The van der Waals surface area contributed by atoms with E-state index in [0.29, 0.717) is 19.7 Å². The van der Waals surface area contributed by atoms with E-state index < -0.39 is 20.9 Å². The third-order valence-corrected chi connectivity index (χ3v) is 6.52. The quantitative estimate of drug-likeness (QED) is 0.130. The van der Waals surface area contributed by atoms with Crippen molar-refractivity contribution in [1.82, 2.24) is 5.43 Å². The standard InChI is InChI=1S/C21H15ClIN3O7S/c1-32-19-10-13(12-24-25-21(27)14-3-2-4-15(22)11-14)9-18(23)20(19)33-34(30,31)17-7-5-16(6-8-17)26(28)29/h2-12H,1H3,(H,25,27)/b24-12-. The number of halogens is 2. The molecule has 3 rings (SSSR count). The van der Waals surface area contributed by atoms with Crippen LogP contribution in [0.25, 0.3) is 0 Å². The molecule has 0 saturated carbocycles. The van der Waals surface area contributed by atoms with E-state index in [4.69, 9.17) is 20.5 Å². The molecule has 0 unspecified atom stereocenters. The lowest BCUT2D eigenvalue weighted by atomic mass is 10.2. The zero-order valence-corrected chi connectivity index (χ0v) is 21.0. The number of nitro groups is 1. The number of rotatable bonds is 8. The summed E-state index contributed by atoms with van der Waals surface area (Å²) in [5, 5.41) is 15.1. The van der Waals surface area contributed by atoms with Crippen LogP contribution in [-0.2, 0) is 10.1 Å². The minimum Gasteiger partial charge on any atom is -0.493 e.